The van der Waals surface area contributed by atoms with Gasteiger partial charge in [0.15, 0.2) is 0 Å². The maximum atomic E-state index is 11.4. The fourth-order valence-electron chi connectivity index (χ4n) is 2.90. The predicted molar refractivity (Wildman–Crippen MR) is 98.0 cm³/mol. The zero-order chi connectivity index (χ0) is 18.3. The second-order valence-corrected chi connectivity index (χ2v) is 6.89. The third-order valence-electron chi connectivity index (χ3n) is 4.14. The molecular formula is C19H13NO5S. The van der Waals surface area contributed by atoms with Crippen LogP contribution in [0.3, 0.4) is 0 Å². The molecule has 4 aromatic rings. The molecule has 2 heterocycles. The average Bonchev–Trinajstić information content (AvgIpc) is 3.21. The number of aromatic carboxylic acids is 1. The number of thiazole rings is 1. The number of carboxylic acid groups (broad SMARTS) is 1. The van der Waals surface area contributed by atoms with Crippen LogP contribution in [0.5, 0.6) is 5.88 Å². The number of hydrogen-bond acceptors (Lipinski definition) is 5. The first kappa shape index (κ1) is 16.2. The van der Waals surface area contributed by atoms with E-state index in [4.69, 9.17) is 9.52 Å². The van der Waals surface area contributed by atoms with Crippen molar-refractivity contribution in [3.05, 3.63) is 74.4 Å². The van der Waals surface area contributed by atoms with Crippen LogP contribution in [0.25, 0.3) is 22.1 Å². The summed E-state index contributed by atoms with van der Waals surface area (Å²) >= 11 is 0.959. The number of aromatic amines is 1. The van der Waals surface area contributed by atoms with Crippen molar-refractivity contribution < 1.29 is 19.4 Å². The number of carboxylic acids is 1. The molecule has 2 aromatic heterocycles. The summed E-state index contributed by atoms with van der Waals surface area (Å²) in [5, 5.41) is 19.8. The number of benzene rings is 2. The second-order valence-electron chi connectivity index (χ2n) is 5.82. The molecular weight excluding hydrogens is 354 g/mol. The highest BCUT2D eigenvalue weighted by atomic mass is 32.1. The predicted octanol–water partition coefficient (Wildman–Crippen LogP) is 3.84. The van der Waals surface area contributed by atoms with Crippen molar-refractivity contribution in [1.82, 2.24) is 4.98 Å². The fraction of sp³-hybridized carbons (Fsp3) is 0.0526. The number of furan rings is 1. The molecule has 7 heteroatoms. The highest BCUT2D eigenvalue weighted by Crippen LogP contribution is 2.32. The Kier molecular flexibility index (Phi) is 3.85. The number of carbonyl (C=O) groups is 1. The molecule has 0 saturated heterocycles. The Hall–Kier alpha value is -3.32. The number of aromatic hydroxyl groups is 1. The molecule has 0 fully saturated rings. The summed E-state index contributed by atoms with van der Waals surface area (Å²) in [6.45, 7) is 0. The molecule has 6 nitrogen and oxygen atoms in total. The zero-order valence-electron chi connectivity index (χ0n) is 13.4. The van der Waals surface area contributed by atoms with E-state index in [-0.39, 0.29) is 16.3 Å². The lowest BCUT2D eigenvalue weighted by Crippen LogP contribution is -1.95. The third-order valence-corrected chi connectivity index (χ3v) is 5.02. The van der Waals surface area contributed by atoms with Crippen LogP contribution in [0.15, 0.2) is 57.9 Å². The van der Waals surface area contributed by atoms with E-state index in [9.17, 15) is 14.7 Å². The second kappa shape index (κ2) is 6.20. The van der Waals surface area contributed by atoms with E-state index in [0.29, 0.717) is 16.9 Å². The van der Waals surface area contributed by atoms with Crippen LogP contribution in [0.2, 0.25) is 0 Å². The molecule has 2 aromatic carbocycles. The number of rotatable bonds is 4. The summed E-state index contributed by atoms with van der Waals surface area (Å²) in [7, 11) is 0. The van der Waals surface area contributed by atoms with Crippen LogP contribution in [0.4, 0.5) is 0 Å². The smallest absolute Gasteiger partial charge is 0.335 e. The Morgan fingerprint density at radius 1 is 1.12 bits per heavy atom. The molecule has 3 N–H and O–H groups in total. The molecule has 0 bridgehead atoms. The van der Waals surface area contributed by atoms with Crippen molar-refractivity contribution in [1.29, 1.82) is 0 Å². The van der Waals surface area contributed by atoms with Crippen molar-refractivity contribution >= 4 is 28.3 Å². The first-order valence-electron chi connectivity index (χ1n) is 7.76. The Bertz CT molecular complexity index is 1170. The maximum absolute atomic E-state index is 11.4. The molecule has 130 valence electrons. The molecule has 4 rings (SSSR count). The first-order chi connectivity index (χ1) is 12.5. The quantitative estimate of drug-likeness (QED) is 0.508. The van der Waals surface area contributed by atoms with Crippen molar-refractivity contribution in [2.24, 2.45) is 0 Å². The van der Waals surface area contributed by atoms with Gasteiger partial charge in [0.25, 0.3) is 0 Å². The van der Waals surface area contributed by atoms with E-state index in [1.165, 1.54) is 0 Å². The van der Waals surface area contributed by atoms with E-state index in [1.807, 2.05) is 18.2 Å². The van der Waals surface area contributed by atoms with Gasteiger partial charge in [-0.25, -0.2) is 4.79 Å². The van der Waals surface area contributed by atoms with E-state index >= 15 is 0 Å². The molecule has 26 heavy (non-hydrogen) atoms. The van der Waals surface area contributed by atoms with Gasteiger partial charge in [-0.1, -0.05) is 23.5 Å². The standard InChI is InChI=1S/C19H13NO5S/c21-17-15(26-19(24)20-17)9-14-8-13(7-12-5-6-25-16(12)14)10-1-3-11(4-2-10)18(22)23/h1-8,21H,9H2,(H,20,24)(H,22,23). The van der Waals surface area contributed by atoms with E-state index in [2.05, 4.69) is 4.98 Å². The minimum atomic E-state index is -0.972. The molecule has 0 amide bonds. The highest BCUT2D eigenvalue weighted by molar-refractivity contribution is 7.09. The van der Waals surface area contributed by atoms with Crippen molar-refractivity contribution in [3.8, 4) is 17.0 Å². The molecule has 0 unspecified atom stereocenters. The Morgan fingerprint density at radius 3 is 2.54 bits per heavy atom. The van der Waals surface area contributed by atoms with Crippen LogP contribution < -0.4 is 4.87 Å². The van der Waals surface area contributed by atoms with Gasteiger partial charge in [0.1, 0.15) is 5.58 Å². The van der Waals surface area contributed by atoms with Gasteiger partial charge in [0.2, 0.25) is 5.88 Å². The third kappa shape index (κ3) is 2.89. The van der Waals surface area contributed by atoms with Gasteiger partial charge in [-0.3, -0.25) is 9.78 Å². The SMILES string of the molecule is O=C(O)c1ccc(-c2cc(Cc3sc(=O)[nH]c3O)c3occc3c2)cc1. The van der Waals surface area contributed by atoms with Crippen LogP contribution in [0.1, 0.15) is 20.8 Å². The van der Waals surface area contributed by atoms with Crippen LogP contribution in [-0.4, -0.2) is 21.2 Å². The first-order valence-corrected chi connectivity index (χ1v) is 8.58. The maximum Gasteiger partial charge on any atom is 0.335 e. The summed E-state index contributed by atoms with van der Waals surface area (Å²) in [6.07, 6.45) is 1.94. The molecule has 0 saturated carbocycles. The summed E-state index contributed by atoms with van der Waals surface area (Å²) in [5.41, 5.74) is 3.51. The Morgan fingerprint density at radius 2 is 1.88 bits per heavy atom. The van der Waals surface area contributed by atoms with E-state index < -0.39 is 5.97 Å². The normalized spacial score (nSPS) is 11.1. The molecule has 0 spiro atoms. The number of fused-ring (bicyclic) bond motifs is 1. The number of nitrogens with one attached hydrogen (secondary N) is 1. The van der Waals surface area contributed by atoms with E-state index in [0.717, 1.165) is 33.4 Å². The Labute approximate surface area is 151 Å². The van der Waals surface area contributed by atoms with Crippen LogP contribution in [-0.2, 0) is 6.42 Å². The van der Waals surface area contributed by atoms with Gasteiger partial charge >= 0.3 is 10.8 Å². The van der Waals surface area contributed by atoms with Gasteiger partial charge in [0, 0.05) is 17.4 Å². The lowest BCUT2D eigenvalue weighted by atomic mass is 9.98. The molecule has 0 aliphatic rings. The summed E-state index contributed by atoms with van der Waals surface area (Å²) < 4.78 is 5.57. The summed E-state index contributed by atoms with van der Waals surface area (Å²) in [5.74, 6) is -1.10. The van der Waals surface area contributed by atoms with Crippen molar-refractivity contribution in [2.75, 3.05) is 0 Å². The van der Waals surface area contributed by atoms with Gasteiger partial charge in [0.05, 0.1) is 16.7 Å². The lowest BCUT2D eigenvalue weighted by molar-refractivity contribution is 0.0697. The highest BCUT2D eigenvalue weighted by Gasteiger charge is 2.14. The number of aromatic nitrogens is 1. The molecule has 0 aliphatic carbocycles. The van der Waals surface area contributed by atoms with Crippen LogP contribution in [0, 0.1) is 0 Å². The molecule has 0 radical (unpaired) electrons. The Balaban J connectivity index is 1.80. The largest absolute Gasteiger partial charge is 0.494 e. The summed E-state index contributed by atoms with van der Waals surface area (Å²) in [6, 6.07) is 12.3. The fourth-order valence-corrected chi connectivity index (χ4v) is 3.65. The van der Waals surface area contributed by atoms with Gasteiger partial charge in [-0.2, -0.15) is 0 Å². The lowest BCUT2D eigenvalue weighted by Gasteiger charge is -2.07. The van der Waals surface area contributed by atoms with E-state index in [1.54, 1.807) is 30.5 Å². The topological polar surface area (TPSA) is 104 Å². The van der Waals surface area contributed by atoms with Gasteiger partial charge in [-0.05, 0) is 41.5 Å². The van der Waals surface area contributed by atoms with Gasteiger partial charge < -0.3 is 14.6 Å². The number of H-pyrrole nitrogens is 1. The van der Waals surface area contributed by atoms with Crippen molar-refractivity contribution in [3.63, 3.8) is 0 Å². The minimum Gasteiger partial charge on any atom is -0.494 e. The molecule has 0 atom stereocenters. The molecule has 0 aliphatic heterocycles. The van der Waals surface area contributed by atoms with Crippen molar-refractivity contribution in [2.45, 2.75) is 6.42 Å². The summed E-state index contributed by atoms with van der Waals surface area (Å²) in [4.78, 5) is 25.0. The van der Waals surface area contributed by atoms with Gasteiger partial charge in [-0.15, -0.1) is 0 Å². The zero-order valence-corrected chi connectivity index (χ0v) is 14.2. The monoisotopic (exact) mass is 367 g/mol. The average molecular weight is 367 g/mol. The minimum absolute atomic E-state index is 0.129. The number of hydrogen-bond donors (Lipinski definition) is 3. The van der Waals surface area contributed by atoms with Crippen LogP contribution >= 0.6 is 11.3 Å².